The maximum atomic E-state index is 6.10. The van der Waals surface area contributed by atoms with Crippen molar-refractivity contribution in [3.05, 3.63) is 11.3 Å². The van der Waals surface area contributed by atoms with Crippen molar-refractivity contribution in [2.75, 3.05) is 17.6 Å². The second-order valence-corrected chi connectivity index (χ2v) is 8.20. The lowest BCUT2D eigenvalue weighted by Gasteiger charge is -2.36. The first-order chi connectivity index (χ1) is 11.7. The summed E-state index contributed by atoms with van der Waals surface area (Å²) in [6.07, 6.45) is 13.7. The van der Waals surface area contributed by atoms with Crippen molar-refractivity contribution in [1.29, 1.82) is 0 Å². The molecule has 0 atom stereocenters. The molecule has 3 aliphatic carbocycles. The van der Waals surface area contributed by atoms with E-state index in [0.29, 0.717) is 17.9 Å². The lowest BCUT2D eigenvalue weighted by atomic mass is 9.71. The Morgan fingerprint density at radius 2 is 1.71 bits per heavy atom. The number of nitrogen functional groups attached to an aromatic ring is 1. The predicted octanol–water partition coefficient (Wildman–Crippen LogP) is 3.14. The van der Waals surface area contributed by atoms with Crippen molar-refractivity contribution >= 4 is 11.8 Å². The molecule has 2 saturated carbocycles. The van der Waals surface area contributed by atoms with Gasteiger partial charge in [0.25, 0.3) is 0 Å². The molecule has 0 radical (unpaired) electrons. The molecule has 2 fully saturated rings. The fourth-order valence-corrected chi connectivity index (χ4v) is 5.29. The van der Waals surface area contributed by atoms with Gasteiger partial charge in [0.15, 0.2) is 0 Å². The van der Waals surface area contributed by atoms with Crippen LogP contribution in [-0.2, 0) is 11.8 Å². The summed E-state index contributed by atoms with van der Waals surface area (Å²) < 4.78 is 0. The van der Waals surface area contributed by atoms with E-state index >= 15 is 0 Å². The standard InChI is InChI=1S/C19H31N5/c20-12-13-5-7-14(8-6-13)22-17-15-4-3-11-19(9-1-2-10-19)16(15)23-18(21)24-17/h13-14H,1-12,20H2,(H3,21,22,23,24). The molecule has 1 aromatic rings. The van der Waals surface area contributed by atoms with E-state index in [1.165, 1.54) is 75.5 Å². The Morgan fingerprint density at radius 1 is 1.00 bits per heavy atom. The van der Waals surface area contributed by atoms with Gasteiger partial charge >= 0.3 is 0 Å². The molecule has 5 nitrogen and oxygen atoms in total. The van der Waals surface area contributed by atoms with Crippen LogP contribution < -0.4 is 16.8 Å². The van der Waals surface area contributed by atoms with E-state index in [1.807, 2.05) is 0 Å². The summed E-state index contributed by atoms with van der Waals surface area (Å²) in [7, 11) is 0. The van der Waals surface area contributed by atoms with Crippen LogP contribution in [0.2, 0.25) is 0 Å². The van der Waals surface area contributed by atoms with E-state index in [0.717, 1.165) is 18.8 Å². The Bertz CT molecular complexity index is 586. The molecule has 24 heavy (non-hydrogen) atoms. The van der Waals surface area contributed by atoms with Crippen LogP contribution in [0.3, 0.4) is 0 Å². The molecular formula is C19H31N5. The molecule has 1 heterocycles. The Hall–Kier alpha value is -1.36. The van der Waals surface area contributed by atoms with Gasteiger partial charge in [0.1, 0.15) is 5.82 Å². The molecule has 1 spiro atoms. The summed E-state index contributed by atoms with van der Waals surface area (Å²) in [5, 5.41) is 3.73. The van der Waals surface area contributed by atoms with Gasteiger partial charge in [-0.1, -0.05) is 12.8 Å². The summed E-state index contributed by atoms with van der Waals surface area (Å²) in [5.41, 5.74) is 14.8. The average molecular weight is 329 g/mol. The summed E-state index contributed by atoms with van der Waals surface area (Å²) in [5.74, 6) is 2.17. The van der Waals surface area contributed by atoms with E-state index in [9.17, 15) is 0 Å². The fraction of sp³-hybridized carbons (Fsp3) is 0.789. The lowest BCUT2D eigenvalue weighted by molar-refractivity contribution is 0.342. The van der Waals surface area contributed by atoms with Crippen LogP contribution in [-0.4, -0.2) is 22.6 Å². The Kier molecular flexibility index (Phi) is 4.37. The first kappa shape index (κ1) is 16.1. The van der Waals surface area contributed by atoms with Gasteiger partial charge in [0, 0.05) is 17.0 Å². The van der Waals surface area contributed by atoms with E-state index in [2.05, 4.69) is 10.3 Å². The van der Waals surface area contributed by atoms with Crippen molar-refractivity contribution in [2.24, 2.45) is 11.7 Å². The highest BCUT2D eigenvalue weighted by Crippen LogP contribution is 2.49. The Labute approximate surface area is 145 Å². The first-order valence-electron chi connectivity index (χ1n) is 9.84. The van der Waals surface area contributed by atoms with Gasteiger partial charge in [-0.2, -0.15) is 4.98 Å². The van der Waals surface area contributed by atoms with Crippen molar-refractivity contribution < 1.29 is 0 Å². The van der Waals surface area contributed by atoms with Gasteiger partial charge in [-0.05, 0) is 70.3 Å². The minimum Gasteiger partial charge on any atom is -0.368 e. The van der Waals surface area contributed by atoms with Gasteiger partial charge in [-0.3, -0.25) is 0 Å². The quantitative estimate of drug-likeness (QED) is 0.792. The zero-order chi connectivity index (χ0) is 16.6. The van der Waals surface area contributed by atoms with Crippen molar-refractivity contribution in [1.82, 2.24) is 9.97 Å². The number of hydrogen-bond acceptors (Lipinski definition) is 5. The van der Waals surface area contributed by atoms with E-state index in [4.69, 9.17) is 16.5 Å². The number of fused-ring (bicyclic) bond motifs is 2. The van der Waals surface area contributed by atoms with Crippen LogP contribution in [0.4, 0.5) is 11.8 Å². The maximum Gasteiger partial charge on any atom is 0.222 e. The van der Waals surface area contributed by atoms with E-state index < -0.39 is 0 Å². The first-order valence-corrected chi connectivity index (χ1v) is 9.84. The molecule has 0 unspecified atom stereocenters. The molecule has 1 aromatic heterocycles. The lowest BCUT2D eigenvalue weighted by Crippen LogP contribution is -2.33. The minimum absolute atomic E-state index is 0.290. The second-order valence-electron chi connectivity index (χ2n) is 8.20. The molecule has 5 N–H and O–H groups in total. The van der Waals surface area contributed by atoms with E-state index in [-0.39, 0.29) is 5.41 Å². The van der Waals surface area contributed by atoms with Gasteiger partial charge in [0.05, 0.1) is 5.69 Å². The van der Waals surface area contributed by atoms with Crippen molar-refractivity contribution in [2.45, 2.75) is 82.1 Å². The van der Waals surface area contributed by atoms with Crippen LogP contribution in [0.1, 0.15) is 75.5 Å². The van der Waals surface area contributed by atoms with Crippen LogP contribution in [0.15, 0.2) is 0 Å². The molecule has 0 aliphatic heterocycles. The molecule has 0 amide bonds. The number of aromatic nitrogens is 2. The highest BCUT2D eigenvalue weighted by atomic mass is 15.1. The maximum absolute atomic E-state index is 6.10. The number of nitrogens with one attached hydrogen (secondary N) is 1. The molecule has 132 valence electrons. The average Bonchev–Trinajstić information content (AvgIpc) is 3.06. The largest absolute Gasteiger partial charge is 0.368 e. The minimum atomic E-state index is 0.290. The monoisotopic (exact) mass is 329 g/mol. The van der Waals surface area contributed by atoms with Crippen LogP contribution in [0.5, 0.6) is 0 Å². The molecular weight excluding hydrogens is 298 g/mol. The van der Waals surface area contributed by atoms with Crippen LogP contribution in [0, 0.1) is 5.92 Å². The van der Waals surface area contributed by atoms with Crippen LogP contribution in [0.25, 0.3) is 0 Å². The van der Waals surface area contributed by atoms with Crippen molar-refractivity contribution in [3.63, 3.8) is 0 Å². The summed E-state index contributed by atoms with van der Waals surface area (Å²) >= 11 is 0. The van der Waals surface area contributed by atoms with Gasteiger partial charge < -0.3 is 16.8 Å². The molecule has 0 aromatic carbocycles. The number of nitrogens with zero attached hydrogens (tertiary/aromatic N) is 2. The van der Waals surface area contributed by atoms with Gasteiger partial charge in [0.2, 0.25) is 5.95 Å². The second kappa shape index (κ2) is 6.51. The third-order valence-corrected chi connectivity index (χ3v) is 6.69. The normalized spacial score (nSPS) is 28.7. The number of rotatable bonds is 3. The molecule has 0 saturated heterocycles. The topological polar surface area (TPSA) is 89.8 Å². The third-order valence-electron chi connectivity index (χ3n) is 6.69. The zero-order valence-corrected chi connectivity index (χ0v) is 14.7. The number of nitrogens with two attached hydrogens (primary N) is 2. The molecule has 4 rings (SSSR count). The smallest absolute Gasteiger partial charge is 0.222 e. The molecule has 3 aliphatic rings. The van der Waals surface area contributed by atoms with Gasteiger partial charge in [-0.15, -0.1) is 0 Å². The summed E-state index contributed by atoms with van der Waals surface area (Å²) in [4.78, 5) is 9.34. The van der Waals surface area contributed by atoms with E-state index in [1.54, 1.807) is 0 Å². The Balaban J connectivity index is 1.59. The molecule has 5 heteroatoms. The number of hydrogen-bond donors (Lipinski definition) is 3. The highest BCUT2D eigenvalue weighted by Gasteiger charge is 2.41. The fourth-order valence-electron chi connectivity index (χ4n) is 5.29. The predicted molar refractivity (Wildman–Crippen MR) is 98.0 cm³/mol. The summed E-state index contributed by atoms with van der Waals surface area (Å²) in [6, 6.07) is 0.507. The van der Waals surface area contributed by atoms with Gasteiger partial charge in [-0.25, -0.2) is 4.98 Å². The summed E-state index contributed by atoms with van der Waals surface area (Å²) in [6.45, 7) is 0.824. The third kappa shape index (κ3) is 2.87. The van der Waals surface area contributed by atoms with Crippen molar-refractivity contribution in [3.8, 4) is 0 Å². The number of anilines is 2. The SMILES string of the molecule is NCC1CCC(Nc2nc(N)nc3c2CCCC32CCCC2)CC1. The zero-order valence-electron chi connectivity index (χ0n) is 14.7. The van der Waals surface area contributed by atoms with Crippen LogP contribution >= 0.6 is 0 Å². The highest BCUT2D eigenvalue weighted by molar-refractivity contribution is 5.53. The Morgan fingerprint density at radius 3 is 2.42 bits per heavy atom. The molecule has 0 bridgehead atoms.